The smallest absolute Gasteiger partial charge is 0.338 e. The number of carbonyl (C=O) groups is 1. The number of nitrogens with zero attached hydrogens (tertiary/aromatic N) is 2. The molecule has 6 nitrogen and oxygen atoms in total. The molecule has 0 amide bonds. The number of morpholine rings is 1. The van der Waals surface area contributed by atoms with Crippen molar-refractivity contribution < 1.29 is 19.0 Å². The molecule has 0 aromatic heterocycles. The Morgan fingerprint density at radius 1 is 0.923 bits per heavy atom. The first-order valence-electron chi connectivity index (χ1n) is 13.2. The summed E-state index contributed by atoms with van der Waals surface area (Å²) in [6, 6.07) is 26.9. The van der Waals surface area contributed by atoms with E-state index in [9.17, 15) is 4.79 Å². The maximum atomic E-state index is 12.9. The van der Waals surface area contributed by atoms with Gasteiger partial charge >= 0.3 is 5.97 Å². The Bertz CT molecular complexity index is 1540. The highest BCUT2D eigenvalue weighted by molar-refractivity contribution is 6.04. The van der Waals surface area contributed by atoms with Gasteiger partial charge in [0, 0.05) is 60.6 Å². The first kappa shape index (κ1) is 25.0. The van der Waals surface area contributed by atoms with E-state index < -0.39 is 5.60 Å². The highest BCUT2D eigenvalue weighted by Gasteiger charge is 2.39. The van der Waals surface area contributed by atoms with Crippen LogP contribution in [0.4, 0.5) is 11.4 Å². The summed E-state index contributed by atoms with van der Waals surface area (Å²) < 4.78 is 17.8. The fourth-order valence-corrected chi connectivity index (χ4v) is 5.50. The highest BCUT2D eigenvalue weighted by Crippen LogP contribution is 2.47. The van der Waals surface area contributed by atoms with Crippen molar-refractivity contribution in [2.45, 2.75) is 5.60 Å². The van der Waals surface area contributed by atoms with Crippen molar-refractivity contribution in [1.29, 1.82) is 0 Å². The Morgan fingerprint density at radius 2 is 1.64 bits per heavy atom. The van der Waals surface area contributed by atoms with Gasteiger partial charge in [0.1, 0.15) is 5.75 Å². The predicted octanol–water partition coefficient (Wildman–Crippen LogP) is 5.88. The van der Waals surface area contributed by atoms with Gasteiger partial charge in [-0.1, -0.05) is 48.5 Å². The van der Waals surface area contributed by atoms with Crippen LogP contribution in [0.1, 0.15) is 27.0 Å². The molecule has 1 fully saturated rings. The number of esters is 1. The van der Waals surface area contributed by atoms with Crippen molar-refractivity contribution in [1.82, 2.24) is 0 Å². The molecule has 1 unspecified atom stereocenters. The maximum absolute atomic E-state index is 12.9. The van der Waals surface area contributed by atoms with Crippen LogP contribution in [-0.4, -0.2) is 53.5 Å². The Hall–Kier alpha value is -4.29. The number of carbonyl (C=O) groups excluding carboxylic acids is 1. The number of methoxy groups -OCH3 is 1. The average molecular weight is 521 g/mol. The second-order valence-electron chi connectivity index (χ2n) is 10.1. The quantitative estimate of drug-likeness (QED) is 0.307. The van der Waals surface area contributed by atoms with Crippen LogP contribution in [-0.2, 0) is 15.1 Å². The van der Waals surface area contributed by atoms with E-state index in [-0.39, 0.29) is 5.97 Å². The molecule has 2 heterocycles. The first-order valence-corrected chi connectivity index (χ1v) is 13.2. The lowest BCUT2D eigenvalue weighted by Crippen LogP contribution is -2.37. The molecule has 2 aliphatic rings. The monoisotopic (exact) mass is 520 g/mol. The number of benzene rings is 4. The molecule has 2 aliphatic heterocycles. The fraction of sp³-hybridized carbons (Fsp3) is 0.242. The Morgan fingerprint density at radius 3 is 2.33 bits per heavy atom. The van der Waals surface area contributed by atoms with Gasteiger partial charge in [0.25, 0.3) is 0 Å². The topological polar surface area (TPSA) is 51.2 Å². The number of hydrogen-bond donors (Lipinski definition) is 0. The van der Waals surface area contributed by atoms with Gasteiger partial charge in [-0.2, -0.15) is 0 Å². The highest BCUT2D eigenvalue weighted by atomic mass is 16.5. The van der Waals surface area contributed by atoms with Crippen LogP contribution in [0.15, 0.2) is 84.9 Å². The van der Waals surface area contributed by atoms with Crippen LogP contribution in [0.5, 0.6) is 5.75 Å². The van der Waals surface area contributed by atoms with Gasteiger partial charge in [0.05, 0.1) is 25.9 Å². The van der Waals surface area contributed by atoms with Crippen molar-refractivity contribution in [3.8, 4) is 5.75 Å². The largest absolute Gasteiger partial charge is 0.472 e. The Labute approximate surface area is 229 Å². The molecule has 0 aliphatic carbocycles. The van der Waals surface area contributed by atoms with Crippen LogP contribution >= 0.6 is 0 Å². The summed E-state index contributed by atoms with van der Waals surface area (Å²) in [6.07, 6.45) is 4.07. The molecule has 0 radical (unpaired) electrons. The minimum absolute atomic E-state index is 0.389. The molecule has 0 bridgehead atoms. The van der Waals surface area contributed by atoms with Crippen LogP contribution in [0.3, 0.4) is 0 Å². The third kappa shape index (κ3) is 4.41. The zero-order chi connectivity index (χ0) is 27.0. The molecule has 4 aromatic carbocycles. The summed E-state index contributed by atoms with van der Waals surface area (Å²) in [5.74, 6) is 0.278. The molecule has 39 heavy (non-hydrogen) atoms. The predicted molar refractivity (Wildman–Crippen MR) is 156 cm³/mol. The summed E-state index contributed by atoms with van der Waals surface area (Å²) in [5, 5.41) is 1.86. The number of fused-ring (bicyclic) bond motifs is 3. The van der Waals surface area contributed by atoms with Gasteiger partial charge in [-0.05, 0) is 47.9 Å². The van der Waals surface area contributed by atoms with Gasteiger partial charge in [-0.25, -0.2) is 4.79 Å². The minimum atomic E-state index is -0.881. The number of hydrogen-bond acceptors (Lipinski definition) is 6. The van der Waals surface area contributed by atoms with E-state index in [1.165, 1.54) is 12.8 Å². The summed E-state index contributed by atoms with van der Waals surface area (Å²) in [7, 11) is 5.44. The SMILES string of the molecule is COC(=O)c1cc2ccc(N(C)C)cc2c2c1C=CC(c1ccccc1)(c1ccc(N3CCOCC3)cc1)O2. The molecule has 0 N–H and O–H groups in total. The van der Waals surface area contributed by atoms with E-state index in [4.69, 9.17) is 14.2 Å². The zero-order valence-corrected chi connectivity index (χ0v) is 22.5. The lowest BCUT2D eigenvalue weighted by atomic mass is 9.82. The Kier molecular flexibility index (Phi) is 6.49. The van der Waals surface area contributed by atoms with E-state index >= 15 is 0 Å². The van der Waals surface area contributed by atoms with Gasteiger partial charge in [0.15, 0.2) is 5.60 Å². The molecule has 6 heteroatoms. The molecular formula is C33H32N2O4. The first-order chi connectivity index (χ1) is 19.0. The lowest BCUT2D eigenvalue weighted by Gasteiger charge is -2.37. The van der Waals surface area contributed by atoms with E-state index in [1.54, 1.807) is 0 Å². The lowest BCUT2D eigenvalue weighted by molar-refractivity contribution is 0.0599. The van der Waals surface area contributed by atoms with Crippen molar-refractivity contribution in [2.24, 2.45) is 0 Å². The second-order valence-corrected chi connectivity index (χ2v) is 10.1. The molecular weight excluding hydrogens is 488 g/mol. The van der Waals surface area contributed by atoms with Crippen molar-refractivity contribution in [3.63, 3.8) is 0 Å². The standard InChI is InChI=1S/C33H32N2O4/c1-34(2)27-12-9-23-21-30(32(36)37-3)28-15-16-33(24-7-5-4-6-8-24,39-31(28)29(23)22-27)25-10-13-26(14-11-25)35-17-19-38-20-18-35/h4-16,21-22H,17-20H2,1-3H3. The number of rotatable bonds is 5. The number of ether oxygens (including phenoxy) is 3. The van der Waals surface area contributed by atoms with Crippen molar-refractivity contribution >= 4 is 34.2 Å². The summed E-state index contributed by atoms with van der Waals surface area (Å²) in [5.41, 5.74) is 4.56. The van der Waals surface area contributed by atoms with Gasteiger partial charge in [-0.15, -0.1) is 0 Å². The summed E-state index contributed by atoms with van der Waals surface area (Å²) in [6.45, 7) is 3.23. The molecule has 0 spiro atoms. The zero-order valence-electron chi connectivity index (χ0n) is 22.5. The maximum Gasteiger partial charge on any atom is 0.338 e. The minimum Gasteiger partial charge on any atom is -0.472 e. The van der Waals surface area contributed by atoms with Crippen LogP contribution < -0.4 is 14.5 Å². The van der Waals surface area contributed by atoms with E-state index in [1.807, 2.05) is 56.6 Å². The van der Waals surface area contributed by atoms with Crippen LogP contribution in [0.25, 0.3) is 16.8 Å². The van der Waals surface area contributed by atoms with E-state index in [0.717, 1.165) is 59.5 Å². The molecule has 1 saturated heterocycles. The van der Waals surface area contributed by atoms with Crippen molar-refractivity contribution in [3.05, 3.63) is 107 Å². The molecule has 0 saturated carbocycles. The molecule has 198 valence electrons. The van der Waals surface area contributed by atoms with Crippen molar-refractivity contribution in [2.75, 3.05) is 57.3 Å². The number of anilines is 2. The van der Waals surface area contributed by atoms with Crippen LogP contribution in [0.2, 0.25) is 0 Å². The Balaban J connectivity index is 1.54. The van der Waals surface area contributed by atoms with Crippen LogP contribution in [0, 0.1) is 0 Å². The van der Waals surface area contributed by atoms with E-state index in [2.05, 4.69) is 58.3 Å². The third-order valence-electron chi connectivity index (χ3n) is 7.66. The molecule has 1 atom stereocenters. The third-order valence-corrected chi connectivity index (χ3v) is 7.66. The second kappa shape index (κ2) is 10.1. The molecule has 6 rings (SSSR count). The van der Waals surface area contributed by atoms with Gasteiger partial charge in [-0.3, -0.25) is 0 Å². The van der Waals surface area contributed by atoms with Gasteiger partial charge < -0.3 is 24.0 Å². The summed E-state index contributed by atoms with van der Waals surface area (Å²) >= 11 is 0. The van der Waals surface area contributed by atoms with E-state index in [0.29, 0.717) is 11.3 Å². The fourth-order valence-electron chi connectivity index (χ4n) is 5.50. The normalized spacial score (nSPS) is 18.4. The van der Waals surface area contributed by atoms with Gasteiger partial charge in [0.2, 0.25) is 0 Å². The molecule has 4 aromatic rings. The summed E-state index contributed by atoms with van der Waals surface area (Å²) in [4.78, 5) is 17.3. The average Bonchev–Trinajstić information content (AvgIpc) is 3.00.